The van der Waals surface area contributed by atoms with E-state index in [2.05, 4.69) is 4.72 Å². The molecule has 0 aliphatic heterocycles. The second-order valence-corrected chi connectivity index (χ2v) is 6.72. The summed E-state index contributed by atoms with van der Waals surface area (Å²) >= 11 is 11.7. The van der Waals surface area contributed by atoms with E-state index in [0.717, 1.165) is 0 Å². The Morgan fingerprint density at radius 3 is 2.14 bits per heavy atom. The Hall–Kier alpha value is -1.43. The number of rotatable bonds is 5. The zero-order valence-corrected chi connectivity index (χ0v) is 13.5. The van der Waals surface area contributed by atoms with E-state index in [9.17, 15) is 8.42 Å². The van der Waals surface area contributed by atoms with Crippen molar-refractivity contribution in [3.8, 4) is 5.75 Å². The van der Waals surface area contributed by atoms with Crippen LogP contribution in [0.1, 0.15) is 6.92 Å². The normalized spacial score (nSPS) is 11.2. The summed E-state index contributed by atoms with van der Waals surface area (Å²) in [5.41, 5.74) is 0.307. The van der Waals surface area contributed by atoms with Crippen LogP contribution in [0.5, 0.6) is 5.75 Å². The number of sulfonamides is 1. The summed E-state index contributed by atoms with van der Waals surface area (Å²) in [5, 5.41) is 0.707. The average molecular weight is 346 g/mol. The van der Waals surface area contributed by atoms with E-state index in [1.54, 1.807) is 12.1 Å². The summed E-state index contributed by atoms with van der Waals surface area (Å²) in [7, 11) is -3.70. The highest BCUT2D eigenvalue weighted by molar-refractivity contribution is 7.92. The highest BCUT2D eigenvalue weighted by atomic mass is 35.5. The zero-order chi connectivity index (χ0) is 15.5. The minimum absolute atomic E-state index is 0.127. The molecule has 0 radical (unpaired) electrons. The molecule has 2 aromatic rings. The molecule has 7 heteroatoms. The first-order valence-electron chi connectivity index (χ1n) is 6.12. The van der Waals surface area contributed by atoms with E-state index in [0.29, 0.717) is 28.1 Å². The highest BCUT2D eigenvalue weighted by Gasteiger charge is 2.14. The Balaban J connectivity index is 2.25. The van der Waals surface area contributed by atoms with Crippen molar-refractivity contribution in [1.29, 1.82) is 0 Å². The van der Waals surface area contributed by atoms with Gasteiger partial charge in [0.2, 0.25) is 0 Å². The summed E-state index contributed by atoms with van der Waals surface area (Å²) in [5.74, 6) is 0.613. The lowest BCUT2D eigenvalue weighted by Gasteiger charge is -2.10. The molecule has 21 heavy (non-hydrogen) atoms. The van der Waals surface area contributed by atoms with Gasteiger partial charge in [-0.25, -0.2) is 8.42 Å². The van der Waals surface area contributed by atoms with Gasteiger partial charge in [-0.2, -0.15) is 0 Å². The molecule has 0 spiro atoms. The van der Waals surface area contributed by atoms with Crippen LogP contribution >= 0.6 is 23.2 Å². The van der Waals surface area contributed by atoms with Crippen molar-refractivity contribution >= 4 is 38.9 Å². The van der Waals surface area contributed by atoms with Crippen molar-refractivity contribution in [1.82, 2.24) is 0 Å². The number of halogens is 2. The third kappa shape index (κ3) is 4.27. The summed E-state index contributed by atoms with van der Waals surface area (Å²) in [6.07, 6.45) is 0. The number of hydrogen-bond acceptors (Lipinski definition) is 3. The SMILES string of the molecule is CCOc1ccc(S(=O)(=O)Nc2cc(Cl)cc(Cl)c2)cc1. The van der Waals surface area contributed by atoms with Crippen LogP contribution in [0.3, 0.4) is 0 Å². The van der Waals surface area contributed by atoms with Gasteiger partial charge in [0.15, 0.2) is 0 Å². The van der Waals surface area contributed by atoms with Crippen LogP contribution in [0.15, 0.2) is 47.4 Å². The Morgan fingerprint density at radius 2 is 1.62 bits per heavy atom. The van der Waals surface area contributed by atoms with Gasteiger partial charge in [-0.3, -0.25) is 4.72 Å². The number of anilines is 1. The maximum atomic E-state index is 12.3. The van der Waals surface area contributed by atoms with Gasteiger partial charge >= 0.3 is 0 Å². The van der Waals surface area contributed by atoms with Crippen LogP contribution in [-0.2, 0) is 10.0 Å². The monoisotopic (exact) mass is 345 g/mol. The van der Waals surface area contributed by atoms with Crippen LogP contribution in [0, 0.1) is 0 Å². The van der Waals surface area contributed by atoms with Gasteiger partial charge in [0.05, 0.1) is 17.2 Å². The topological polar surface area (TPSA) is 55.4 Å². The maximum Gasteiger partial charge on any atom is 0.261 e. The molecule has 0 fully saturated rings. The van der Waals surface area contributed by atoms with E-state index in [-0.39, 0.29) is 4.90 Å². The maximum absolute atomic E-state index is 12.3. The largest absolute Gasteiger partial charge is 0.494 e. The van der Waals surface area contributed by atoms with Crippen molar-refractivity contribution < 1.29 is 13.2 Å². The summed E-state index contributed by atoms with van der Waals surface area (Å²) in [6, 6.07) is 10.6. The van der Waals surface area contributed by atoms with Crippen LogP contribution < -0.4 is 9.46 Å². The summed E-state index contributed by atoms with van der Waals surface area (Å²) in [6.45, 7) is 2.38. The Labute approximate surface area is 133 Å². The second kappa shape index (κ2) is 6.56. The van der Waals surface area contributed by atoms with Gasteiger partial charge in [0.1, 0.15) is 5.75 Å². The molecule has 0 bridgehead atoms. The fourth-order valence-electron chi connectivity index (χ4n) is 1.71. The lowest BCUT2D eigenvalue weighted by molar-refractivity contribution is 0.340. The first-order chi connectivity index (χ1) is 9.90. The predicted octanol–water partition coefficient (Wildman–Crippen LogP) is 4.19. The van der Waals surface area contributed by atoms with Crippen LogP contribution in [0.2, 0.25) is 10.0 Å². The van der Waals surface area contributed by atoms with Crippen molar-refractivity contribution in [3.05, 3.63) is 52.5 Å². The molecule has 4 nitrogen and oxygen atoms in total. The van der Waals surface area contributed by atoms with E-state index >= 15 is 0 Å². The van der Waals surface area contributed by atoms with Crippen molar-refractivity contribution in [3.63, 3.8) is 0 Å². The molecule has 2 aromatic carbocycles. The fraction of sp³-hybridized carbons (Fsp3) is 0.143. The van der Waals surface area contributed by atoms with Gasteiger partial charge in [0.25, 0.3) is 10.0 Å². The molecule has 0 heterocycles. The lowest BCUT2D eigenvalue weighted by Crippen LogP contribution is -2.12. The van der Waals surface area contributed by atoms with Crippen molar-refractivity contribution in [2.45, 2.75) is 11.8 Å². The van der Waals surface area contributed by atoms with Crippen LogP contribution in [-0.4, -0.2) is 15.0 Å². The molecule has 0 aliphatic carbocycles. The van der Waals surface area contributed by atoms with E-state index in [4.69, 9.17) is 27.9 Å². The molecular formula is C14H13Cl2NO3S. The second-order valence-electron chi connectivity index (χ2n) is 4.17. The number of nitrogens with one attached hydrogen (secondary N) is 1. The minimum atomic E-state index is -3.70. The summed E-state index contributed by atoms with van der Waals surface area (Å²) in [4.78, 5) is 0.127. The van der Waals surface area contributed by atoms with Gasteiger partial charge < -0.3 is 4.74 Å². The Kier molecular flexibility index (Phi) is 4.98. The van der Waals surface area contributed by atoms with E-state index < -0.39 is 10.0 Å². The predicted molar refractivity (Wildman–Crippen MR) is 84.9 cm³/mol. The molecule has 0 saturated carbocycles. The molecule has 112 valence electrons. The van der Waals surface area contributed by atoms with Crippen LogP contribution in [0.25, 0.3) is 0 Å². The average Bonchev–Trinajstić information content (AvgIpc) is 2.38. The fourth-order valence-corrected chi connectivity index (χ4v) is 3.27. The molecule has 0 atom stereocenters. The molecule has 0 aromatic heterocycles. The van der Waals surface area contributed by atoms with Gasteiger partial charge in [-0.15, -0.1) is 0 Å². The Morgan fingerprint density at radius 1 is 1.05 bits per heavy atom. The molecule has 1 N–H and O–H groups in total. The lowest BCUT2D eigenvalue weighted by atomic mass is 10.3. The first-order valence-corrected chi connectivity index (χ1v) is 8.36. The third-order valence-electron chi connectivity index (χ3n) is 2.56. The van der Waals surface area contributed by atoms with E-state index in [1.165, 1.54) is 30.3 Å². The quantitative estimate of drug-likeness (QED) is 0.883. The van der Waals surface area contributed by atoms with Crippen LogP contribution in [0.4, 0.5) is 5.69 Å². The molecule has 0 aliphatic rings. The van der Waals surface area contributed by atoms with Gasteiger partial charge in [-0.05, 0) is 49.4 Å². The van der Waals surface area contributed by atoms with Gasteiger partial charge in [-0.1, -0.05) is 23.2 Å². The van der Waals surface area contributed by atoms with Crippen molar-refractivity contribution in [2.24, 2.45) is 0 Å². The van der Waals surface area contributed by atoms with Gasteiger partial charge in [0, 0.05) is 10.0 Å². The zero-order valence-electron chi connectivity index (χ0n) is 11.1. The molecule has 2 rings (SSSR count). The third-order valence-corrected chi connectivity index (χ3v) is 4.39. The highest BCUT2D eigenvalue weighted by Crippen LogP contribution is 2.25. The van der Waals surface area contributed by atoms with E-state index in [1.807, 2.05) is 6.92 Å². The summed E-state index contributed by atoms with van der Waals surface area (Å²) < 4.78 is 32.2. The minimum Gasteiger partial charge on any atom is -0.494 e. The molecule has 0 unspecified atom stereocenters. The standard InChI is InChI=1S/C14H13Cl2NO3S/c1-2-20-13-3-5-14(6-4-13)21(18,19)17-12-8-10(15)7-11(16)9-12/h3-9,17H,2H2,1H3. The number of hydrogen-bond donors (Lipinski definition) is 1. The first kappa shape index (κ1) is 15.9. The number of benzene rings is 2. The molecule has 0 saturated heterocycles. The molecular weight excluding hydrogens is 333 g/mol. The van der Waals surface area contributed by atoms with Crippen molar-refractivity contribution in [2.75, 3.05) is 11.3 Å². The number of ether oxygens (including phenoxy) is 1. The smallest absolute Gasteiger partial charge is 0.261 e. The molecule has 0 amide bonds. The Bertz CT molecular complexity index is 710.